The van der Waals surface area contributed by atoms with E-state index >= 15 is 0 Å². The summed E-state index contributed by atoms with van der Waals surface area (Å²) in [4.78, 5) is 25.7. The number of benzene rings is 2. The van der Waals surface area contributed by atoms with E-state index in [0.29, 0.717) is 5.56 Å². The highest BCUT2D eigenvalue weighted by molar-refractivity contribution is 7.98. The first kappa shape index (κ1) is 17.5. The van der Waals surface area contributed by atoms with Gasteiger partial charge in [-0.3, -0.25) is 4.79 Å². The van der Waals surface area contributed by atoms with Crippen LogP contribution in [0.4, 0.5) is 4.39 Å². The molecule has 0 aliphatic carbocycles. The van der Waals surface area contributed by atoms with Crippen molar-refractivity contribution in [2.75, 3.05) is 13.1 Å². The second-order valence-corrected chi connectivity index (χ2v) is 7.09. The highest BCUT2D eigenvalue weighted by Crippen LogP contribution is 2.28. The summed E-state index contributed by atoms with van der Waals surface area (Å²) >= 11 is 1.67. The molecule has 0 aromatic heterocycles. The Balaban J connectivity index is 1.60. The largest absolute Gasteiger partial charge is 0.479 e. The summed E-state index contributed by atoms with van der Waals surface area (Å²) in [6, 6.07) is 17.2. The van der Waals surface area contributed by atoms with Crippen LogP contribution in [0.15, 0.2) is 59.5 Å². The third kappa shape index (κ3) is 4.02. The third-order valence-electron chi connectivity index (χ3n) is 4.24. The van der Waals surface area contributed by atoms with E-state index in [0.717, 1.165) is 10.6 Å². The average molecular weight is 359 g/mol. The SMILES string of the molecule is O=C(c1ccc(SCc2ccccc2)cc1)N1CCC(F)(C(=O)O)C1. The topological polar surface area (TPSA) is 57.6 Å². The van der Waals surface area contributed by atoms with Gasteiger partial charge in [-0.1, -0.05) is 30.3 Å². The Morgan fingerprint density at radius 3 is 2.40 bits per heavy atom. The van der Waals surface area contributed by atoms with Crippen LogP contribution in [-0.2, 0) is 10.5 Å². The maximum absolute atomic E-state index is 14.1. The summed E-state index contributed by atoms with van der Waals surface area (Å²) < 4.78 is 14.1. The van der Waals surface area contributed by atoms with Crippen LogP contribution in [-0.4, -0.2) is 40.6 Å². The predicted octanol–water partition coefficient (Wildman–Crippen LogP) is 3.62. The smallest absolute Gasteiger partial charge is 0.343 e. The van der Waals surface area contributed by atoms with Gasteiger partial charge in [0, 0.05) is 29.2 Å². The minimum atomic E-state index is -2.33. The quantitative estimate of drug-likeness (QED) is 0.829. The van der Waals surface area contributed by atoms with Crippen molar-refractivity contribution < 1.29 is 19.1 Å². The van der Waals surface area contributed by atoms with E-state index in [-0.39, 0.29) is 18.9 Å². The first-order valence-corrected chi connectivity index (χ1v) is 8.95. The molecule has 25 heavy (non-hydrogen) atoms. The normalized spacial score (nSPS) is 19.8. The number of hydrogen-bond acceptors (Lipinski definition) is 3. The van der Waals surface area contributed by atoms with Crippen LogP contribution < -0.4 is 0 Å². The number of likely N-dealkylation sites (tertiary alicyclic amines) is 1. The van der Waals surface area contributed by atoms with Crippen LogP contribution in [0.5, 0.6) is 0 Å². The van der Waals surface area contributed by atoms with E-state index in [4.69, 9.17) is 5.11 Å². The summed E-state index contributed by atoms with van der Waals surface area (Å²) in [7, 11) is 0. The fraction of sp³-hybridized carbons (Fsp3) is 0.263. The van der Waals surface area contributed by atoms with Gasteiger partial charge in [0.15, 0.2) is 0 Å². The molecule has 130 valence electrons. The number of carboxylic acid groups (broad SMARTS) is 1. The molecule has 1 aliphatic rings. The summed E-state index contributed by atoms with van der Waals surface area (Å²) in [5.74, 6) is -1.00. The van der Waals surface area contributed by atoms with Gasteiger partial charge in [0.25, 0.3) is 5.91 Å². The Labute approximate surface area is 149 Å². The first-order valence-electron chi connectivity index (χ1n) is 7.96. The molecule has 4 nitrogen and oxygen atoms in total. The molecule has 0 radical (unpaired) electrons. The minimum Gasteiger partial charge on any atom is -0.479 e. The van der Waals surface area contributed by atoms with E-state index in [9.17, 15) is 14.0 Å². The number of thioether (sulfide) groups is 1. The Morgan fingerprint density at radius 1 is 1.12 bits per heavy atom. The number of alkyl halides is 1. The van der Waals surface area contributed by atoms with Crippen LogP contribution in [0.2, 0.25) is 0 Å². The Hall–Kier alpha value is -2.34. The predicted molar refractivity (Wildman–Crippen MR) is 94.4 cm³/mol. The molecule has 6 heteroatoms. The lowest BCUT2D eigenvalue weighted by molar-refractivity contribution is -0.149. The molecular formula is C19H18FNO3S. The van der Waals surface area contributed by atoms with Crippen molar-refractivity contribution in [3.63, 3.8) is 0 Å². The van der Waals surface area contributed by atoms with Crippen molar-refractivity contribution in [2.24, 2.45) is 0 Å². The van der Waals surface area contributed by atoms with Gasteiger partial charge in [-0.05, 0) is 29.8 Å². The van der Waals surface area contributed by atoms with Gasteiger partial charge in [0.2, 0.25) is 5.67 Å². The molecule has 1 unspecified atom stereocenters. The lowest BCUT2D eigenvalue weighted by Crippen LogP contribution is -2.38. The van der Waals surface area contributed by atoms with Crippen molar-refractivity contribution in [3.05, 3.63) is 65.7 Å². The Kier molecular flexibility index (Phi) is 5.08. The number of rotatable bonds is 5. The standard InChI is InChI=1S/C19H18FNO3S/c20-19(18(23)24)10-11-21(13-19)17(22)15-6-8-16(9-7-15)25-12-14-4-2-1-3-5-14/h1-9H,10-13H2,(H,23,24). The first-order chi connectivity index (χ1) is 12.0. The second-order valence-electron chi connectivity index (χ2n) is 6.05. The molecule has 1 saturated heterocycles. The van der Waals surface area contributed by atoms with E-state index < -0.39 is 18.2 Å². The molecule has 1 fully saturated rings. The average Bonchev–Trinajstić information content (AvgIpc) is 3.04. The van der Waals surface area contributed by atoms with Crippen molar-refractivity contribution in [1.82, 2.24) is 4.90 Å². The van der Waals surface area contributed by atoms with Gasteiger partial charge >= 0.3 is 5.97 Å². The van der Waals surface area contributed by atoms with E-state index in [1.807, 2.05) is 30.3 Å². The number of amides is 1. The number of hydrogen-bond donors (Lipinski definition) is 1. The molecule has 1 aliphatic heterocycles. The fourth-order valence-corrected chi connectivity index (χ4v) is 3.59. The number of halogens is 1. The highest BCUT2D eigenvalue weighted by Gasteiger charge is 2.46. The third-order valence-corrected chi connectivity index (χ3v) is 5.32. The lowest BCUT2D eigenvalue weighted by atomic mass is 10.1. The van der Waals surface area contributed by atoms with Crippen molar-refractivity contribution in [2.45, 2.75) is 22.7 Å². The van der Waals surface area contributed by atoms with Gasteiger partial charge in [-0.25, -0.2) is 9.18 Å². The maximum Gasteiger partial charge on any atom is 0.343 e. The van der Waals surface area contributed by atoms with Crippen LogP contribution in [0.3, 0.4) is 0 Å². The Bertz CT molecular complexity index is 766. The molecule has 2 aromatic carbocycles. The maximum atomic E-state index is 14.1. The second kappa shape index (κ2) is 7.27. The number of aliphatic carboxylic acids is 1. The van der Waals surface area contributed by atoms with Crippen LogP contribution in [0.1, 0.15) is 22.3 Å². The lowest BCUT2D eigenvalue weighted by Gasteiger charge is -2.17. The van der Waals surface area contributed by atoms with Crippen LogP contribution in [0, 0.1) is 0 Å². The van der Waals surface area contributed by atoms with Gasteiger partial charge in [0.05, 0.1) is 6.54 Å². The van der Waals surface area contributed by atoms with Crippen molar-refractivity contribution in [1.29, 1.82) is 0 Å². The van der Waals surface area contributed by atoms with Crippen molar-refractivity contribution >= 4 is 23.6 Å². The molecule has 1 heterocycles. The summed E-state index contributed by atoms with van der Waals surface area (Å²) in [5, 5.41) is 8.92. The zero-order valence-corrected chi connectivity index (χ0v) is 14.3. The molecular weight excluding hydrogens is 341 g/mol. The molecule has 3 rings (SSSR count). The summed E-state index contributed by atoms with van der Waals surface area (Å²) in [6.45, 7) is -0.280. The van der Waals surface area contributed by atoms with Crippen molar-refractivity contribution in [3.8, 4) is 0 Å². The monoisotopic (exact) mass is 359 g/mol. The molecule has 1 N–H and O–H groups in total. The minimum absolute atomic E-state index is 0.117. The molecule has 0 bridgehead atoms. The number of nitrogens with zero attached hydrogens (tertiary/aromatic N) is 1. The van der Waals surface area contributed by atoms with Gasteiger partial charge in [0.1, 0.15) is 0 Å². The number of carbonyl (C=O) groups excluding carboxylic acids is 1. The highest BCUT2D eigenvalue weighted by atomic mass is 32.2. The Morgan fingerprint density at radius 2 is 1.80 bits per heavy atom. The van der Waals surface area contributed by atoms with Crippen LogP contribution >= 0.6 is 11.8 Å². The molecule has 1 amide bonds. The van der Waals surface area contributed by atoms with E-state index in [2.05, 4.69) is 12.1 Å². The fourth-order valence-electron chi connectivity index (χ4n) is 2.74. The molecule has 0 spiro atoms. The number of carboxylic acids is 1. The number of carbonyl (C=O) groups is 2. The zero-order valence-electron chi connectivity index (χ0n) is 13.5. The van der Waals surface area contributed by atoms with Gasteiger partial charge < -0.3 is 10.0 Å². The molecule has 2 aromatic rings. The molecule has 1 atom stereocenters. The van der Waals surface area contributed by atoms with Gasteiger partial charge in [-0.2, -0.15) is 0 Å². The van der Waals surface area contributed by atoms with E-state index in [1.54, 1.807) is 23.9 Å². The summed E-state index contributed by atoms with van der Waals surface area (Å²) in [6.07, 6.45) is -0.168. The van der Waals surface area contributed by atoms with Gasteiger partial charge in [-0.15, -0.1) is 11.8 Å². The molecule has 0 saturated carbocycles. The zero-order chi connectivity index (χ0) is 17.9. The summed E-state index contributed by atoms with van der Waals surface area (Å²) in [5.41, 5.74) is -0.669. The van der Waals surface area contributed by atoms with Crippen LogP contribution in [0.25, 0.3) is 0 Å². The van der Waals surface area contributed by atoms with E-state index in [1.165, 1.54) is 10.5 Å².